The summed E-state index contributed by atoms with van der Waals surface area (Å²) in [6, 6.07) is 12.8. The van der Waals surface area contributed by atoms with Crippen molar-refractivity contribution >= 4 is 16.7 Å². The van der Waals surface area contributed by atoms with Crippen LogP contribution in [0.3, 0.4) is 0 Å². The van der Waals surface area contributed by atoms with Crippen molar-refractivity contribution in [2.75, 3.05) is 13.1 Å². The zero-order chi connectivity index (χ0) is 13.0. The van der Waals surface area contributed by atoms with Crippen molar-refractivity contribution in [1.82, 2.24) is 5.32 Å². The van der Waals surface area contributed by atoms with Gasteiger partial charge in [0.2, 0.25) is 5.91 Å². The van der Waals surface area contributed by atoms with Crippen LogP contribution in [0.1, 0.15) is 11.1 Å². The second kappa shape index (κ2) is 5.65. The van der Waals surface area contributed by atoms with Crippen LogP contribution < -0.4 is 11.1 Å². The number of hydrogen-bond donors (Lipinski definition) is 2. The first-order valence-corrected chi connectivity index (χ1v) is 6.15. The lowest BCUT2D eigenvalue weighted by atomic mass is 10.0. The van der Waals surface area contributed by atoms with E-state index in [1.54, 1.807) is 0 Å². The Morgan fingerprint density at radius 1 is 1.17 bits per heavy atom. The van der Waals surface area contributed by atoms with Crippen molar-refractivity contribution < 1.29 is 4.79 Å². The van der Waals surface area contributed by atoms with E-state index in [1.807, 2.05) is 0 Å². The number of nitrogens with one attached hydrogen (secondary N) is 1. The van der Waals surface area contributed by atoms with E-state index >= 15 is 0 Å². The summed E-state index contributed by atoms with van der Waals surface area (Å²) in [5, 5.41) is 5.27. The lowest BCUT2D eigenvalue weighted by molar-refractivity contribution is -0.119. The topological polar surface area (TPSA) is 55.1 Å². The van der Waals surface area contributed by atoms with E-state index in [0.29, 0.717) is 6.54 Å². The van der Waals surface area contributed by atoms with Crippen molar-refractivity contribution in [1.29, 1.82) is 0 Å². The molecule has 0 saturated carbocycles. The lowest BCUT2D eigenvalue weighted by Gasteiger charge is -2.06. The molecule has 0 spiro atoms. The molecule has 0 aliphatic rings. The standard InChI is InChI=1S/C15H18N2O/c1-11-2-4-14-9-12(3-5-13(14)8-11)6-7-17-15(18)10-16/h2-5,8-9H,6-7,10,16H2,1H3,(H,17,18). The third kappa shape index (κ3) is 3.08. The molecule has 0 aliphatic carbocycles. The molecule has 3 heteroatoms. The quantitative estimate of drug-likeness (QED) is 0.858. The first kappa shape index (κ1) is 12.6. The maximum Gasteiger partial charge on any atom is 0.233 e. The molecule has 2 aromatic carbocycles. The van der Waals surface area contributed by atoms with E-state index in [-0.39, 0.29) is 12.5 Å². The molecule has 0 fully saturated rings. The fourth-order valence-electron chi connectivity index (χ4n) is 1.99. The highest BCUT2D eigenvalue weighted by atomic mass is 16.1. The molecular formula is C15H18N2O. The number of amides is 1. The van der Waals surface area contributed by atoms with E-state index in [9.17, 15) is 4.79 Å². The molecule has 0 aromatic heterocycles. The number of aryl methyl sites for hydroxylation is 1. The molecule has 2 aromatic rings. The van der Waals surface area contributed by atoms with Crippen LogP contribution in [0.5, 0.6) is 0 Å². The summed E-state index contributed by atoms with van der Waals surface area (Å²) in [6.07, 6.45) is 0.829. The van der Waals surface area contributed by atoms with Crippen LogP contribution in [0.25, 0.3) is 10.8 Å². The molecule has 0 unspecified atom stereocenters. The number of nitrogens with two attached hydrogens (primary N) is 1. The minimum atomic E-state index is -0.105. The molecule has 0 radical (unpaired) electrons. The second-order valence-electron chi connectivity index (χ2n) is 4.49. The summed E-state index contributed by atoms with van der Waals surface area (Å²) in [6.45, 7) is 2.78. The summed E-state index contributed by atoms with van der Waals surface area (Å²) in [5.74, 6) is -0.105. The predicted molar refractivity (Wildman–Crippen MR) is 74.5 cm³/mol. The molecule has 0 aliphatic heterocycles. The van der Waals surface area contributed by atoms with E-state index in [1.165, 1.54) is 21.9 Å². The maximum atomic E-state index is 11.0. The molecule has 0 bridgehead atoms. The van der Waals surface area contributed by atoms with E-state index in [4.69, 9.17) is 5.73 Å². The number of hydrogen-bond acceptors (Lipinski definition) is 2. The van der Waals surface area contributed by atoms with E-state index < -0.39 is 0 Å². The SMILES string of the molecule is Cc1ccc2cc(CCNC(=O)CN)ccc2c1. The van der Waals surface area contributed by atoms with E-state index in [2.05, 4.69) is 48.6 Å². The Bertz CT molecular complexity index is 563. The Labute approximate surface area is 107 Å². The number of carbonyl (C=O) groups is 1. The molecular weight excluding hydrogens is 224 g/mol. The largest absolute Gasteiger partial charge is 0.355 e. The summed E-state index contributed by atoms with van der Waals surface area (Å²) < 4.78 is 0. The third-order valence-corrected chi connectivity index (χ3v) is 2.98. The molecule has 94 valence electrons. The first-order valence-electron chi connectivity index (χ1n) is 6.15. The Morgan fingerprint density at radius 2 is 1.89 bits per heavy atom. The van der Waals surface area contributed by atoms with Gasteiger partial charge in [0.1, 0.15) is 0 Å². The monoisotopic (exact) mass is 242 g/mol. The van der Waals surface area contributed by atoms with Crippen molar-refractivity contribution in [3.63, 3.8) is 0 Å². The van der Waals surface area contributed by atoms with Crippen LogP contribution in [0.2, 0.25) is 0 Å². The fourth-order valence-corrected chi connectivity index (χ4v) is 1.99. The van der Waals surface area contributed by atoms with Crippen molar-refractivity contribution in [2.45, 2.75) is 13.3 Å². The molecule has 0 heterocycles. The summed E-state index contributed by atoms with van der Waals surface area (Å²) >= 11 is 0. The van der Waals surface area contributed by atoms with Crippen LogP contribution >= 0.6 is 0 Å². The normalized spacial score (nSPS) is 10.6. The van der Waals surface area contributed by atoms with Gasteiger partial charge in [-0.05, 0) is 29.7 Å². The van der Waals surface area contributed by atoms with Gasteiger partial charge in [-0.1, -0.05) is 42.0 Å². The second-order valence-corrected chi connectivity index (χ2v) is 4.49. The van der Waals surface area contributed by atoms with Crippen LogP contribution in [0.15, 0.2) is 36.4 Å². The van der Waals surface area contributed by atoms with Crippen molar-refractivity contribution in [3.8, 4) is 0 Å². The Hall–Kier alpha value is -1.87. The lowest BCUT2D eigenvalue weighted by Crippen LogP contribution is -2.31. The van der Waals surface area contributed by atoms with Gasteiger partial charge < -0.3 is 11.1 Å². The smallest absolute Gasteiger partial charge is 0.233 e. The molecule has 1 amide bonds. The first-order chi connectivity index (χ1) is 8.69. The Balaban J connectivity index is 2.06. The number of rotatable bonds is 4. The summed E-state index contributed by atoms with van der Waals surface area (Å²) in [7, 11) is 0. The van der Waals surface area contributed by atoms with E-state index in [0.717, 1.165) is 6.42 Å². The van der Waals surface area contributed by atoms with Crippen LogP contribution in [-0.4, -0.2) is 19.0 Å². The average molecular weight is 242 g/mol. The Morgan fingerprint density at radius 3 is 2.67 bits per heavy atom. The summed E-state index contributed by atoms with van der Waals surface area (Å²) in [5.41, 5.74) is 7.72. The van der Waals surface area contributed by atoms with Gasteiger partial charge in [-0.3, -0.25) is 4.79 Å². The number of benzene rings is 2. The van der Waals surface area contributed by atoms with Crippen molar-refractivity contribution in [3.05, 3.63) is 47.5 Å². The molecule has 0 saturated heterocycles. The van der Waals surface area contributed by atoms with Gasteiger partial charge in [0.25, 0.3) is 0 Å². The fraction of sp³-hybridized carbons (Fsp3) is 0.267. The maximum absolute atomic E-state index is 11.0. The van der Waals surface area contributed by atoms with Gasteiger partial charge >= 0.3 is 0 Å². The minimum Gasteiger partial charge on any atom is -0.355 e. The van der Waals surface area contributed by atoms with Crippen LogP contribution in [0, 0.1) is 6.92 Å². The molecule has 2 rings (SSSR count). The highest BCUT2D eigenvalue weighted by Gasteiger charge is 1.99. The zero-order valence-corrected chi connectivity index (χ0v) is 10.6. The molecule has 3 N–H and O–H groups in total. The van der Waals surface area contributed by atoms with Gasteiger partial charge in [-0.2, -0.15) is 0 Å². The third-order valence-electron chi connectivity index (χ3n) is 2.98. The number of fused-ring (bicyclic) bond motifs is 1. The highest BCUT2D eigenvalue weighted by Crippen LogP contribution is 2.17. The van der Waals surface area contributed by atoms with Gasteiger partial charge in [0, 0.05) is 6.54 Å². The minimum absolute atomic E-state index is 0.0526. The van der Waals surface area contributed by atoms with Crippen LogP contribution in [0.4, 0.5) is 0 Å². The zero-order valence-electron chi connectivity index (χ0n) is 10.6. The number of carbonyl (C=O) groups excluding carboxylic acids is 1. The van der Waals surface area contributed by atoms with Gasteiger partial charge in [0.15, 0.2) is 0 Å². The van der Waals surface area contributed by atoms with Gasteiger partial charge in [-0.25, -0.2) is 0 Å². The summed E-state index contributed by atoms with van der Waals surface area (Å²) in [4.78, 5) is 11.0. The Kier molecular flexibility index (Phi) is 3.95. The van der Waals surface area contributed by atoms with Crippen molar-refractivity contribution in [2.24, 2.45) is 5.73 Å². The van der Waals surface area contributed by atoms with Gasteiger partial charge in [-0.15, -0.1) is 0 Å². The van der Waals surface area contributed by atoms with Gasteiger partial charge in [0.05, 0.1) is 6.54 Å². The predicted octanol–water partition coefficient (Wildman–Crippen LogP) is 1.77. The molecule has 3 nitrogen and oxygen atoms in total. The molecule has 18 heavy (non-hydrogen) atoms. The molecule has 0 atom stereocenters. The highest BCUT2D eigenvalue weighted by molar-refractivity contribution is 5.83. The van der Waals surface area contributed by atoms with Crippen LogP contribution in [-0.2, 0) is 11.2 Å². The average Bonchev–Trinajstić information content (AvgIpc) is 2.38.